The third kappa shape index (κ3) is 2.36. The van der Waals surface area contributed by atoms with Crippen molar-refractivity contribution in [3.05, 3.63) is 18.5 Å². The zero-order chi connectivity index (χ0) is 11.7. The Morgan fingerprint density at radius 3 is 2.82 bits per heavy atom. The summed E-state index contributed by atoms with van der Waals surface area (Å²) in [4.78, 5) is 4.22. The number of hydrogen-bond acceptors (Lipinski definition) is 4. The Morgan fingerprint density at radius 1 is 1.24 bits per heavy atom. The topological polar surface area (TPSA) is 46.2 Å². The second-order valence-corrected chi connectivity index (χ2v) is 4.92. The van der Waals surface area contributed by atoms with E-state index in [0.29, 0.717) is 12.1 Å². The van der Waals surface area contributed by atoms with Gasteiger partial charge in [-0.3, -0.25) is 4.98 Å². The Bertz CT molecular complexity index is 392. The summed E-state index contributed by atoms with van der Waals surface area (Å²) in [5.41, 5.74) is 2.12. The SMILES string of the molecule is CNc1cncc(NC2CCOC2C2CC2)c1. The molecule has 1 aliphatic carbocycles. The molecule has 92 valence electrons. The number of nitrogens with one attached hydrogen (secondary N) is 2. The zero-order valence-corrected chi connectivity index (χ0v) is 10.1. The van der Waals surface area contributed by atoms with Crippen LogP contribution >= 0.6 is 0 Å². The van der Waals surface area contributed by atoms with Crippen molar-refractivity contribution in [2.45, 2.75) is 31.4 Å². The Hall–Kier alpha value is -1.29. The van der Waals surface area contributed by atoms with Gasteiger partial charge in [-0.05, 0) is 31.2 Å². The average Bonchev–Trinajstić information content (AvgIpc) is 3.11. The maximum absolute atomic E-state index is 5.82. The minimum Gasteiger partial charge on any atom is -0.387 e. The van der Waals surface area contributed by atoms with Gasteiger partial charge in [-0.2, -0.15) is 0 Å². The fourth-order valence-electron chi connectivity index (χ4n) is 2.52. The lowest BCUT2D eigenvalue weighted by atomic mass is 10.1. The molecule has 1 aliphatic heterocycles. The molecular formula is C13H19N3O. The van der Waals surface area contributed by atoms with Gasteiger partial charge in [0.1, 0.15) is 0 Å². The first kappa shape index (κ1) is 10.8. The van der Waals surface area contributed by atoms with Crippen LogP contribution in [0.2, 0.25) is 0 Å². The summed E-state index contributed by atoms with van der Waals surface area (Å²) in [5, 5.41) is 6.66. The van der Waals surface area contributed by atoms with Gasteiger partial charge in [0.2, 0.25) is 0 Å². The van der Waals surface area contributed by atoms with Crippen molar-refractivity contribution in [3.8, 4) is 0 Å². The van der Waals surface area contributed by atoms with Crippen molar-refractivity contribution in [3.63, 3.8) is 0 Å². The first-order valence-electron chi connectivity index (χ1n) is 6.38. The third-order valence-corrected chi connectivity index (χ3v) is 3.60. The van der Waals surface area contributed by atoms with E-state index in [4.69, 9.17) is 4.74 Å². The third-order valence-electron chi connectivity index (χ3n) is 3.60. The highest BCUT2D eigenvalue weighted by Gasteiger charge is 2.40. The van der Waals surface area contributed by atoms with Gasteiger partial charge in [-0.15, -0.1) is 0 Å². The number of aromatic nitrogens is 1. The molecule has 1 saturated carbocycles. The highest BCUT2D eigenvalue weighted by atomic mass is 16.5. The summed E-state index contributed by atoms with van der Waals surface area (Å²) >= 11 is 0. The van der Waals surface area contributed by atoms with E-state index in [2.05, 4.69) is 21.7 Å². The molecule has 1 aromatic heterocycles. The summed E-state index contributed by atoms with van der Waals surface area (Å²) in [7, 11) is 1.91. The van der Waals surface area contributed by atoms with E-state index in [9.17, 15) is 0 Å². The number of pyridine rings is 1. The second-order valence-electron chi connectivity index (χ2n) is 4.92. The molecule has 4 nitrogen and oxygen atoms in total. The Balaban J connectivity index is 1.68. The minimum atomic E-state index is 0.410. The van der Waals surface area contributed by atoms with Crippen LogP contribution in [0.5, 0.6) is 0 Å². The van der Waals surface area contributed by atoms with Crippen molar-refractivity contribution < 1.29 is 4.74 Å². The van der Waals surface area contributed by atoms with Crippen molar-refractivity contribution in [2.24, 2.45) is 5.92 Å². The number of ether oxygens (including phenoxy) is 1. The van der Waals surface area contributed by atoms with E-state index >= 15 is 0 Å². The van der Waals surface area contributed by atoms with Crippen LogP contribution in [-0.4, -0.2) is 30.8 Å². The molecule has 2 aliphatic rings. The highest BCUT2D eigenvalue weighted by Crippen LogP contribution is 2.39. The number of nitrogens with zero attached hydrogens (tertiary/aromatic N) is 1. The number of hydrogen-bond donors (Lipinski definition) is 2. The van der Waals surface area contributed by atoms with Crippen LogP contribution in [0.3, 0.4) is 0 Å². The molecule has 0 amide bonds. The predicted molar refractivity (Wildman–Crippen MR) is 68.3 cm³/mol. The van der Waals surface area contributed by atoms with Gasteiger partial charge in [0.05, 0.1) is 35.9 Å². The van der Waals surface area contributed by atoms with Crippen LogP contribution in [-0.2, 0) is 4.74 Å². The molecule has 0 bridgehead atoms. The molecule has 3 rings (SSSR count). The van der Waals surface area contributed by atoms with Crippen LogP contribution in [0.25, 0.3) is 0 Å². The summed E-state index contributed by atoms with van der Waals surface area (Å²) in [6.45, 7) is 0.887. The van der Waals surface area contributed by atoms with Gasteiger partial charge in [0.15, 0.2) is 0 Å². The van der Waals surface area contributed by atoms with Gasteiger partial charge in [0, 0.05) is 13.7 Å². The van der Waals surface area contributed by atoms with Gasteiger partial charge in [-0.1, -0.05) is 0 Å². The highest BCUT2D eigenvalue weighted by molar-refractivity contribution is 5.54. The Kier molecular flexibility index (Phi) is 2.89. The van der Waals surface area contributed by atoms with E-state index in [1.165, 1.54) is 12.8 Å². The summed E-state index contributed by atoms with van der Waals surface area (Å²) in [6, 6.07) is 2.55. The van der Waals surface area contributed by atoms with Crippen LogP contribution in [0.15, 0.2) is 18.5 Å². The van der Waals surface area contributed by atoms with Crippen molar-refractivity contribution in [2.75, 3.05) is 24.3 Å². The predicted octanol–water partition coefficient (Wildman–Crippen LogP) is 2.10. The van der Waals surface area contributed by atoms with Gasteiger partial charge < -0.3 is 15.4 Å². The monoisotopic (exact) mass is 233 g/mol. The molecule has 2 fully saturated rings. The van der Waals surface area contributed by atoms with Gasteiger partial charge >= 0.3 is 0 Å². The van der Waals surface area contributed by atoms with E-state index in [0.717, 1.165) is 30.3 Å². The number of anilines is 2. The fourth-order valence-corrected chi connectivity index (χ4v) is 2.52. The summed E-state index contributed by atoms with van der Waals surface area (Å²) in [5.74, 6) is 0.787. The number of rotatable bonds is 4. The van der Waals surface area contributed by atoms with Gasteiger partial charge in [0.25, 0.3) is 0 Å². The minimum absolute atomic E-state index is 0.410. The molecule has 17 heavy (non-hydrogen) atoms. The van der Waals surface area contributed by atoms with E-state index in [1.807, 2.05) is 19.4 Å². The molecule has 1 aromatic rings. The Labute approximate surface area is 102 Å². The standard InChI is InChI=1S/C13H19N3O/c1-14-10-6-11(8-15-7-10)16-12-4-5-17-13(12)9-2-3-9/h6-9,12-14,16H,2-5H2,1H3. The van der Waals surface area contributed by atoms with E-state index in [1.54, 1.807) is 0 Å². The van der Waals surface area contributed by atoms with Crippen LogP contribution in [0.1, 0.15) is 19.3 Å². The average molecular weight is 233 g/mol. The molecule has 1 saturated heterocycles. The molecule has 0 spiro atoms. The van der Waals surface area contributed by atoms with E-state index in [-0.39, 0.29) is 0 Å². The molecule has 4 heteroatoms. The zero-order valence-electron chi connectivity index (χ0n) is 10.1. The smallest absolute Gasteiger partial charge is 0.0804 e. The maximum Gasteiger partial charge on any atom is 0.0804 e. The lowest BCUT2D eigenvalue weighted by molar-refractivity contribution is 0.0898. The lowest BCUT2D eigenvalue weighted by Gasteiger charge is -2.20. The fraction of sp³-hybridized carbons (Fsp3) is 0.615. The van der Waals surface area contributed by atoms with Crippen LogP contribution in [0, 0.1) is 5.92 Å². The van der Waals surface area contributed by atoms with Crippen molar-refractivity contribution in [1.29, 1.82) is 0 Å². The summed E-state index contributed by atoms with van der Waals surface area (Å²) < 4.78 is 5.82. The van der Waals surface area contributed by atoms with E-state index < -0.39 is 0 Å². The lowest BCUT2D eigenvalue weighted by Crippen LogP contribution is -2.30. The van der Waals surface area contributed by atoms with Crippen LogP contribution < -0.4 is 10.6 Å². The molecule has 0 aromatic carbocycles. The Morgan fingerprint density at radius 2 is 2.06 bits per heavy atom. The van der Waals surface area contributed by atoms with Crippen LogP contribution in [0.4, 0.5) is 11.4 Å². The first-order valence-corrected chi connectivity index (χ1v) is 6.38. The maximum atomic E-state index is 5.82. The van der Waals surface area contributed by atoms with Crippen molar-refractivity contribution >= 4 is 11.4 Å². The molecule has 2 N–H and O–H groups in total. The first-order chi connectivity index (χ1) is 8.36. The molecule has 2 heterocycles. The van der Waals surface area contributed by atoms with Gasteiger partial charge in [-0.25, -0.2) is 0 Å². The molecule has 2 unspecified atom stereocenters. The summed E-state index contributed by atoms with van der Waals surface area (Å²) in [6.07, 6.45) is 7.88. The quantitative estimate of drug-likeness (QED) is 0.836. The second kappa shape index (κ2) is 4.53. The largest absolute Gasteiger partial charge is 0.387 e. The van der Waals surface area contributed by atoms with Crippen molar-refractivity contribution in [1.82, 2.24) is 4.98 Å². The normalized spacial score (nSPS) is 28.1. The molecular weight excluding hydrogens is 214 g/mol. The molecule has 2 atom stereocenters. The molecule has 0 radical (unpaired) electrons.